The fourth-order valence-electron chi connectivity index (χ4n) is 2.42. The quantitative estimate of drug-likeness (QED) is 0.744. The van der Waals surface area contributed by atoms with Crippen molar-refractivity contribution in [1.29, 1.82) is 0 Å². The number of aromatic nitrogens is 2. The molecule has 96 valence electrons. The fourth-order valence-corrected chi connectivity index (χ4v) is 3.66. The Hall–Kier alpha value is -1.36. The molecule has 18 heavy (non-hydrogen) atoms. The number of thioether (sulfide) groups is 1. The summed E-state index contributed by atoms with van der Waals surface area (Å²) in [6.07, 6.45) is 4.39. The third kappa shape index (κ3) is 2.14. The number of rotatable bonds is 3. The average molecular weight is 262 g/mol. The van der Waals surface area contributed by atoms with Gasteiger partial charge in [-0.05, 0) is 37.7 Å². The zero-order chi connectivity index (χ0) is 12.6. The van der Waals surface area contributed by atoms with Crippen LogP contribution in [-0.4, -0.2) is 27.2 Å². The van der Waals surface area contributed by atoms with E-state index in [2.05, 4.69) is 34.2 Å². The minimum atomic E-state index is 0.343. The highest BCUT2D eigenvalue weighted by Gasteiger charge is 2.29. The molecule has 0 radical (unpaired) electrons. The van der Waals surface area contributed by atoms with Crippen molar-refractivity contribution in [2.24, 2.45) is 0 Å². The van der Waals surface area contributed by atoms with Gasteiger partial charge in [0.1, 0.15) is 0 Å². The molecule has 5 heteroatoms. The molecule has 0 bridgehead atoms. The molecule has 1 aliphatic heterocycles. The van der Waals surface area contributed by atoms with E-state index in [-0.39, 0.29) is 0 Å². The molecule has 2 aromatic rings. The van der Waals surface area contributed by atoms with Crippen LogP contribution in [0.5, 0.6) is 0 Å². The van der Waals surface area contributed by atoms with E-state index >= 15 is 0 Å². The number of nitrogens with two attached hydrogens (primary N) is 1. The summed E-state index contributed by atoms with van der Waals surface area (Å²) in [5.41, 5.74) is 8.87. The summed E-state index contributed by atoms with van der Waals surface area (Å²) in [4.78, 5) is 0. The van der Waals surface area contributed by atoms with Crippen molar-refractivity contribution in [3.8, 4) is 0 Å². The normalized spacial score (nSPS) is 23.6. The molecule has 1 saturated heterocycles. The van der Waals surface area contributed by atoms with E-state index < -0.39 is 0 Å². The number of hydrogen-bond donors (Lipinski definition) is 3. The molecule has 0 saturated carbocycles. The lowest BCUT2D eigenvalue weighted by atomic mass is 10.1. The second-order valence-electron chi connectivity index (χ2n) is 5.15. The van der Waals surface area contributed by atoms with Crippen molar-refractivity contribution in [3.63, 3.8) is 0 Å². The summed E-state index contributed by atoms with van der Waals surface area (Å²) < 4.78 is 0.343. The Bertz CT molecular complexity index is 557. The minimum Gasteiger partial charge on any atom is -0.397 e. The lowest BCUT2D eigenvalue weighted by molar-refractivity contribution is 0.635. The van der Waals surface area contributed by atoms with Crippen molar-refractivity contribution in [3.05, 3.63) is 18.3 Å². The van der Waals surface area contributed by atoms with Crippen LogP contribution >= 0.6 is 11.8 Å². The first-order chi connectivity index (χ1) is 8.66. The summed E-state index contributed by atoms with van der Waals surface area (Å²) in [6, 6.07) is 4.01. The van der Waals surface area contributed by atoms with Gasteiger partial charge in [-0.25, -0.2) is 0 Å². The highest BCUT2D eigenvalue weighted by Crippen LogP contribution is 2.38. The van der Waals surface area contributed by atoms with Crippen LogP contribution in [0.15, 0.2) is 18.3 Å². The summed E-state index contributed by atoms with van der Waals surface area (Å²) >= 11 is 2.05. The molecule has 0 aliphatic carbocycles. The third-order valence-electron chi connectivity index (χ3n) is 3.56. The first-order valence-electron chi connectivity index (χ1n) is 6.27. The zero-order valence-corrected chi connectivity index (χ0v) is 11.3. The monoisotopic (exact) mass is 262 g/mol. The van der Waals surface area contributed by atoms with Crippen LogP contribution in [0.3, 0.4) is 0 Å². The SMILES string of the molecule is CC1(CNc2cc3[nH]ncc3cc2N)CCCS1. The third-order valence-corrected chi connectivity index (χ3v) is 5.10. The maximum atomic E-state index is 6.06. The molecule has 1 unspecified atom stereocenters. The lowest BCUT2D eigenvalue weighted by Crippen LogP contribution is -2.27. The van der Waals surface area contributed by atoms with Gasteiger partial charge in [-0.1, -0.05) is 0 Å². The van der Waals surface area contributed by atoms with Crippen LogP contribution in [0.25, 0.3) is 10.9 Å². The Labute approximate surface area is 111 Å². The van der Waals surface area contributed by atoms with Crippen molar-refractivity contribution >= 4 is 34.0 Å². The Morgan fingerprint density at radius 2 is 2.44 bits per heavy atom. The lowest BCUT2D eigenvalue weighted by Gasteiger charge is -2.24. The Kier molecular flexibility index (Phi) is 2.86. The second-order valence-corrected chi connectivity index (χ2v) is 6.83. The molecule has 0 amide bonds. The molecule has 4 N–H and O–H groups in total. The molecule has 4 nitrogen and oxygen atoms in total. The number of hydrogen-bond acceptors (Lipinski definition) is 4. The first kappa shape index (κ1) is 11.7. The molecule has 1 aromatic carbocycles. The van der Waals surface area contributed by atoms with E-state index in [1.165, 1.54) is 18.6 Å². The van der Waals surface area contributed by atoms with E-state index in [9.17, 15) is 0 Å². The number of H-pyrrole nitrogens is 1. The average Bonchev–Trinajstić information content (AvgIpc) is 2.95. The number of fused-ring (bicyclic) bond motifs is 1. The minimum absolute atomic E-state index is 0.343. The molecule has 2 heterocycles. The number of nitrogens with one attached hydrogen (secondary N) is 2. The van der Waals surface area contributed by atoms with Gasteiger partial charge in [-0.2, -0.15) is 16.9 Å². The van der Waals surface area contributed by atoms with Gasteiger partial charge < -0.3 is 11.1 Å². The highest BCUT2D eigenvalue weighted by atomic mass is 32.2. The predicted octanol–water partition coefficient (Wildman–Crippen LogP) is 2.84. The number of nitrogen functional groups attached to an aromatic ring is 1. The maximum absolute atomic E-state index is 6.06. The fraction of sp³-hybridized carbons (Fsp3) is 0.462. The number of aromatic amines is 1. The molecule has 1 aromatic heterocycles. The van der Waals surface area contributed by atoms with Crippen LogP contribution < -0.4 is 11.1 Å². The summed E-state index contributed by atoms with van der Waals surface area (Å²) in [5.74, 6) is 1.27. The second kappa shape index (κ2) is 4.39. The Morgan fingerprint density at radius 1 is 1.56 bits per heavy atom. The highest BCUT2D eigenvalue weighted by molar-refractivity contribution is 8.00. The molecule has 3 rings (SSSR count). The molecule has 1 fully saturated rings. The van der Waals surface area contributed by atoms with Gasteiger partial charge in [0.2, 0.25) is 0 Å². The van der Waals surface area contributed by atoms with Gasteiger partial charge in [-0.3, -0.25) is 5.10 Å². The van der Waals surface area contributed by atoms with Gasteiger partial charge in [0.05, 0.1) is 23.1 Å². The van der Waals surface area contributed by atoms with Crippen molar-refractivity contribution in [2.75, 3.05) is 23.3 Å². The van der Waals surface area contributed by atoms with E-state index in [0.29, 0.717) is 4.75 Å². The van der Waals surface area contributed by atoms with Crippen LogP contribution in [0.2, 0.25) is 0 Å². The molecule has 0 spiro atoms. The van der Waals surface area contributed by atoms with Gasteiger partial charge in [0, 0.05) is 16.7 Å². The van der Waals surface area contributed by atoms with Crippen LogP contribution in [0.1, 0.15) is 19.8 Å². The van der Waals surface area contributed by atoms with Crippen molar-refractivity contribution in [1.82, 2.24) is 10.2 Å². The number of anilines is 2. The van der Waals surface area contributed by atoms with Crippen molar-refractivity contribution < 1.29 is 0 Å². The molecule has 1 aliphatic rings. The van der Waals surface area contributed by atoms with Gasteiger partial charge in [-0.15, -0.1) is 0 Å². The maximum Gasteiger partial charge on any atom is 0.0672 e. The summed E-state index contributed by atoms with van der Waals surface area (Å²) in [5, 5.41) is 11.5. The molecular formula is C13H18N4S. The van der Waals surface area contributed by atoms with E-state index in [1.807, 2.05) is 12.1 Å². The zero-order valence-electron chi connectivity index (χ0n) is 10.5. The summed E-state index contributed by atoms with van der Waals surface area (Å²) in [7, 11) is 0. The standard InChI is InChI=1S/C13H18N4S/c1-13(3-2-4-18-13)8-15-12-6-11-9(5-10(12)14)7-16-17-11/h5-7,15H,2-4,8,14H2,1H3,(H,16,17). The number of benzene rings is 1. The van der Waals surface area contributed by atoms with Gasteiger partial charge >= 0.3 is 0 Å². The van der Waals surface area contributed by atoms with E-state index in [4.69, 9.17) is 5.73 Å². The summed E-state index contributed by atoms with van der Waals surface area (Å²) in [6.45, 7) is 3.28. The Balaban J connectivity index is 1.79. The van der Waals surface area contributed by atoms with Crippen LogP contribution in [-0.2, 0) is 0 Å². The van der Waals surface area contributed by atoms with Gasteiger partial charge in [0.15, 0.2) is 0 Å². The van der Waals surface area contributed by atoms with E-state index in [0.717, 1.165) is 28.8 Å². The Morgan fingerprint density at radius 3 is 3.22 bits per heavy atom. The smallest absolute Gasteiger partial charge is 0.0672 e. The number of nitrogens with zero attached hydrogens (tertiary/aromatic N) is 1. The predicted molar refractivity (Wildman–Crippen MR) is 79.1 cm³/mol. The molecular weight excluding hydrogens is 244 g/mol. The topological polar surface area (TPSA) is 66.7 Å². The first-order valence-corrected chi connectivity index (χ1v) is 7.25. The van der Waals surface area contributed by atoms with Crippen molar-refractivity contribution in [2.45, 2.75) is 24.5 Å². The van der Waals surface area contributed by atoms with Gasteiger partial charge in [0.25, 0.3) is 0 Å². The van der Waals surface area contributed by atoms with E-state index in [1.54, 1.807) is 6.20 Å². The van der Waals surface area contributed by atoms with Crippen LogP contribution in [0, 0.1) is 0 Å². The van der Waals surface area contributed by atoms with Crippen LogP contribution in [0.4, 0.5) is 11.4 Å². The largest absolute Gasteiger partial charge is 0.397 e. The molecule has 1 atom stereocenters.